The Hall–Kier alpha value is -0.610. The van der Waals surface area contributed by atoms with Gasteiger partial charge in [0.05, 0.1) is 0 Å². The Balaban J connectivity index is 2.71. The number of piperidine rings is 1. The summed E-state index contributed by atoms with van der Waals surface area (Å²) in [5, 5.41) is 11.9. The van der Waals surface area contributed by atoms with Crippen molar-refractivity contribution in [2.24, 2.45) is 0 Å². The number of likely N-dealkylation sites (tertiary alicyclic amines) is 1. The molecule has 0 spiro atoms. The van der Waals surface area contributed by atoms with E-state index in [9.17, 15) is 4.79 Å². The minimum absolute atomic E-state index is 0.596. The van der Waals surface area contributed by atoms with Crippen molar-refractivity contribution in [1.29, 1.82) is 0 Å². The molecule has 12 heavy (non-hydrogen) atoms. The summed E-state index contributed by atoms with van der Waals surface area (Å²) in [5.41, 5.74) is -0.715. The first-order chi connectivity index (χ1) is 5.60. The molecule has 1 aliphatic heterocycles. The topological polar surface area (TPSA) is 52.6 Å². The maximum atomic E-state index is 11.0. The van der Waals surface area contributed by atoms with Crippen LogP contribution < -0.4 is 5.32 Å². The van der Waals surface area contributed by atoms with Crippen LogP contribution in [0.25, 0.3) is 0 Å². The highest BCUT2D eigenvalue weighted by Gasteiger charge is 2.39. The van der Waals surface area contributed by atoms with Gasteiger partial charge in [-0.2, -0.15) is 0 Å². The van der Waals surface area contributed by atoms with Gasteiger partial charge < -0.3 is 15.3 Å². The first-order valence-corrected chi connectivity index (χ1v) is 4.21. The molecule has 1 heterocycles. The standard InChI is InChI=1S/C8H16N2O2/c1-9-8(7(11)12)4-3-5-10(2)6-8/h9H,3-6H2,1-2H3,(H,11,12). The largest absolute Gasteiger partial charge is 0.480 e. The van der Waals surface area contributed by atoms with Crippen LogP contribution in [0.1, 0.15) is 12.8 Å². The highest BCUT2D eigenvalue weighted by atomic mass is 16.4. The molecule has 1 atom stereocenters. The van der Waals surface area contributed by atoms with Crippen LogP contribution in [0.5, 0.6) is 0 Å². The number of nitrogens with one attached hydrogen (secondary N) is 1. The first kappa shape index (κ1) is 9.48. The Morgan fingerprint density at radius 1 is 1.67 bits per heavy atom. The second kappa shape index (κ2) is 3.41. The van der Waals surface area contributed by atoms with Crippen LogP contribution in [0.4, 0.5) is 0 Å². The van der Waals surface area contributed by atoms with E-state index >= 15 is 0 Å². The number of likely N-dealkylation sites (N-methyl/N-ethyl adjacent to an activating group) is 2. The average Bonchev–Trinajstić information content (AvgIpc) is 2.04. The predicted octanol–water partition coefficient (Wildman–Crippen LogP) is -0.245. The Morgan fingerprint density at radius 3 is 2.67 bits per heavy atom. The molecule has 70 valence electrons. The van der Waals surface area contributed by atoms with Gasteiger partial charge in [0, 0.05) is 6.54 Å². The molecule has 1 fully saturated rings. The van der Waals surface area contributed by atoms with E-state index < -0.39 is 11.5 Å². The molecule has 0 amide bonds. The van der Waals surface area contributed by atoms with Gasteiger partial charge in [0.25, 0.3) is 0 Å². The monoisotopic (exact) mass is 172 g/mol. The van der Waals surface area contributed by atoms with Crippen molar-refractivity contribution in [2.45, 2.75) is 18.4 Å². The van der Waals surface area contributed by atoms with E-state index in [1.165, 1.54) is 0 Å². The van der Waals surface area contributed by atoms with E-state index in [-0.39, 0.29) is 0 Å². The van der Waals surface area contributed by atoms with Crippen molar-refractivity contribution in [3.05, 3.63) is 0 Å². The van der Waals surface area contributed by atoms with Crippen LogP contribution >= 0.6 is 0 Å². The summed E-state index contributed by atoms with van der Waals surface area (Å²) in [5.74, 6) is -0.739. The molecule has 0 aliphatic carbocycles. The molecular formula is C8H16N2O2. The van der Waals surface area contributed by atoms with Gasteiger partial charge in [-0.05, 0) is 33.5 Å². The minimum Gasteiger partial charge on any atom is -0.480 e. The number of carboxylic acids is 1. The maximum absolute atomic E-state index is 11.0. The summed E-state index contributed by atoms with van der Waals surface area (Å²) in [6.07, 6.45) is 1.67. The second-order valence-electron chi connectivity index (χ2n) is 3.48. The van der Waals surface area contributed by atoms with Gasteiger partial charge in [-0.25, -0.2) is 0 Å². The van der Waals surface area contributed by atoms with Crippen molar-refractivity contribution in [1.82, 2.24) is 10.2 Å². The molecule has 0 bridgehead atoms. The predicted molar refractivity (Wildman–Crippen MR) is 46.2 cm³/mol. The lowest BCUT2D eigenvalue weighted by atomic mass is 9.89. The van der Waals surface area contributed by atoms with Crippen molar-refractivity contribution in [3.8, 4) is 0 Å². The summed E-state index contributed by atoms with van der Waals surface area (Å²) >= 11 is 0. The molecule has 2 N–H and O–H groups in total. The number of rotatable bonds is 2. The maximum Gasteiger partial charge on any atom is 0.325 e. The van der Waals surface area contributed by atoms with Gasteiger partial charge in [-0.3, -0.25) is 4.79 Å². The molecule has 0 aromatic heterocycles. The minimum atomic E-state index is -0.739. The first-order valence-electron chi connectivity index (χ1n) is 4.21. The lowest BCUT2D eigenvalue weighted by Gasteiger charge is -2.37. The van der Waals surface area contributed by atoms with Gasteiger partial charge >= 0.3 is 5.97 Å². The summed E-state index contributed by atoms with van der Waals surface area (Å²) in [6.45, 7) is 1.59. The SMILES string of the molecule is CNC1(C(=O)O)CCCN(C)C1. The number of hydrogen-bond acceptors (Lipinski definition) is 3. The summed E-state index contributed by atoms with van der Waals surface area (Å²) in [4.78, 5) is 13.0. The molecule has 0 radical (unpaired) electrons. The van der Waals surface area contributed by atoms with E-state index in [0.717, 1.165) is 19.4 Å². The number of carboxylic acid groups (broad SMARTS) is 1. The highest BCUT2D eigenvalue weighted by molar-refractivity contribution is 5.79. The van der Waals surface area contributed by atoms with Gasteiger partial charge in [0.1, 0.15) is 5.54 Å². The molecular weight excluding hydrogens is 156 g/mol. The highest BCUT2D eigenvalue weighted by Crippen LogP contribution is 2.19. The Labute approximate surface area is 72.6 Å². The molecule has 0 aromatic carbocycles. The summed E-state index contributed by atoms with van der Waals surface area (Å²) < 4.78 is 0. The van der Waals surface area contributed by atoms with Crippen LogP contribution in [-0.4, -0.2) is 48.7 Å². The van der Waals surface area contributed by atoms with Crippen molar-refractivity contribution < 1.29 is 9.90 Å². The summed E-state index contributed by atoms with van der Waals surface area (Å²) in [7, 11) is 3.67. The lowest BCUT2D eigenvalue weighted by Crippen LogP contribution is -2.59. The van der Waals surface area contributed by atoms with Gasteiger partial charge in [-0.15, -0.1) is 0 Å². The summed E-state index contributed by atoms with van der Waals surface area (Å²) in [6, 6.07) is 0. The molecule has 1 saturated heterocycles. The number of carbonyl (C=O) groups is 1. The van der Waals surface area contributed by atoms with Crippen LogP contribution in [0.15, 0.2) is 0 Å². The molecule has 1 aliphatic rings. The van der Waals surface area contributed by atoms with Crippen LogP contribution in [0.2, 0.25) is 0 Å². The number of nitrogens with zero attached hydrogens (tertiary/aromatic N) is 1. The van der Waals surface area contributed by atoms with E-state index in [0.29, 0.717) is 6.54 Å². The lowest BCUT2D eigenvalue weighted by molar-refractivity contribution is -0.147. The fourth-order valence-electron chi connectivity index (χ4n) is 1.76. The van der Waals surface area contributed by atoms with E-state index in [2.05, 4.69) is 5.32 Å². The van der Waals surface area contributed by atoms with Gasteiger partial charge in [0.15, 0.2) is 0 Å². The fourth-order valence-corrected chi connectivity index (χ4v) is 1.76. The third-order valence-electron chi connectivity index (χ3n) is 2.57. The molecule has 4 nitrogen and oxygen atoms in total. The van der Waals surface area contributed by atoms with E-state index in [1.54, 1.807) is 7.05 Å². The van der Waals surface area contributed by atoms with Crippen molar-refractivity contribution >= 4 is 5.97 Å². The molecule has 1 rings (SSSR count). The fraction of sp³-hybridized carbons (Fsp3) is 0.875. The zero-order valence-corrected chi connectivity index (χ0v) is 7.63. The van der Waals surface area contributed by atoms with E-state index in [4.69, 9.17) is 5.11 Å². The quantitative estimate of drug-likeness (QED) is 0.603. The third kappa shape index (κ3) is 1.59. The second-order valence-corrected chi connectivity index (χ2v) is 3.48. The number of hydrogen-bond donors (Lipinski definition) is 2. The van der Waals surface area contributed by atoms with Crippen LogP contribution in [0, 0.1) is 0 Å². The molecule has 0 aromatic rings. The Morgan fingerprint density at radius 2 is 2.33 bits per heavy atom. The average molecular weight is 172 g/mol. The zero-order valence-electron chi connectivity index (χ0n) is 7.63. The molecule has 1 unspecified atom stereocenters. The number of aliphatic carboxylic acids is 1. The zero-order chi connectivity index (χ0) is 9.19. The van der Waals surface area contributed by atoms with Crippen molar-refractivity contribution in [2.75, 3.05) is 27.2 Å². The smallest absolute Gasteiger partial charge is 0.325 e. The Bertz CT molecular complexity index is 184. The van der Waals surface area contributed by atoms with Crippen LogP contribution in [-0.2, 0) is 4.79 Å². The normalized spacial score (nSPS) is 31.8. The third-order valence-corrected chi connectivity index (χ3v) is 2.57. The van der Waals surface area contributed by atoms with Crippen LogP contribution in [0.3, 0.4) is 0 Å². The van der Waals surface area contributed by atoms with Crippen molar-refractivity contribution in [3.63, 3.8) is 0 Å². The molecule has 0 saturated carbocycles. The molecule has 4 heteroatoms. The van der Waals surface area contributed by atoms with E-state index in [1.807, 2.05) is 11.9 Å². The van der Waals surface area contributed by atoms with Gasteiger partial charge in [-0.1, -0.05) is 0 Å². The Kier molecular flexibility index (Phi) is 2.69. The van der Waals surface area contributed by atoms with Gasteiger partial charge in [0.2, 0.25) is 0 Å².